The zero-order chi connectivity index (χ0) is 23.4. The number of carboxylic acids is 1. The Kier molecular flexibility index (Phi) is 6.76. The first-order valence-electron chi connectivity index (χ1n) is 10.6. The van der Waals surface area contributed by atoms with E-state index in [1.54, 1.807) is 27.0 Å². The number of hydrogen-bond donors (Lipinski definition) is 2. The zero-order valence-electron chi connectivity index (χ0n) is 19.2. The average molecular weight is 413 g/mol. The van der Waals surface area contributed by atoms with Crippen LogP contribution in [0.5, 0.6) is 5.88 Å². The number of halogens is 1. The van der Waals surface area contributed by atoms with E-state index in [-0.39, 0.29) is 37.1 Å². The third-order valence-electron chi connectivity index (χ3n) is 5.22. The fourth-order valence-corrected chi connectivity index (χ4v) is 2.99. The number of hydrogen-bond acceptors (Lipinski definition) is 6. The summed E-state index contributed by atoms with van der Waals surface area (Å²) in [6.07, 6.45) is 0.433. The fraction of sp³-hybridized carbons (Fsp3) is 0.650. The van der Waals surface area contributed by atoms with Gasteiger partial charge in [0.05, 0.1) is 22.1 Å². The molecule has 0 spiro atoms. The molecule has 0 saturated carbocycles. The molecule has 162 valence electrons. The summed E-state index contributed by atoms with van der Waals surface area (Å²) in [6, 6.07) is 3.09. The summed E-state index contributed by atoms with van der Waals surface area (Å²) in [6.45, 7) is 2.64. The average Bonchev–Trinajstić information content (AvgIpc) is 2.68. The predicted octanol–water partition coefficient (Wildman–Crippen LogP) is 2.27. The molecule has 2 rings (SSSR count). The van der Waals surface area contributed by atoms with E-state index in [1.165, 1.54) is 13.0 Å². The molecule has 9 heteroatoms. The molecule has 0 bridgehead atoms. The highest BCUT2D eigenvalue weighted by Crippen LogP contribution is 2.31. The maximum Gasteiger partial charge on any atom is 0.329 e. The Hall–Kier alpha value is -2.42. The van der Waals surface area contributed by atoms with Crippen LogP contribution in [0, 0.1) is 5.92 Å². The molecule has 2 N–H and O–H groups in total. The van der Waals surface area contributed by atoms with Crippen molar-refractivity contribution in [3.63, 3.8) is 0 Å². The van der Waals surface area contributed by atoms with E-state index in [1.807, 2.05) is 4.90 Å². The third kappa shape index (κ3) is 5.14. The van der Waals surface area contributed by atoms with Crippen molar-refractivity contribution in [2.75, 3.05) is 38.3 Å². The lowest BCUT2D eigenvalue weighted by atomic mass is 9.92. The minimum Gasteiger partial charge on any atom is -0.480 e. The van der Waals surface area contributed by atoms with Crippen molar-refractivity contribution in [2.45, 2.75) is 45.3 Å². The SMILES string of the molecule is [2H]C([2H])(F)C(C)COc1nc(C(=O)NC(CC)(CC)C(=O)O)ccc1N1CC(OC)C1. The molecule has 0 aromatic carbocycles. The van der Waals surface area contributed by atoms with E-state index < -0.39 is 30.0 Å². The Morgan fingerprint density at radius 2 is 2.10 bits per heavy atom. The Balaban J connectivity index is 2.29. The molecule has 1 aliphatic heterocycles. The number of nitrogens with zero attached hydrogens (tertiary/aromatic N) is 2. The highest BCUT2D eigenvalue weighted by atomic mass is 19.1. The third-order valence-corrected chi connectivity index (χ3v) is 5.22. The van der Waals surface area contributed by atoms with Gasteiger partial charge < -0.3 is 24.8 Å². The molecule has 8 nitrogen and oxygen atoms in total. The molecule has 1 aromatic heterocycles. The minimum atomic E-state index is -2.93. The van der Waals surface area contributed by atoms with Gasteiger partial charge in [0.1, 0.15) is 16.9 Å². The largest absolute Gasteiger partial charge is 0.480 e. The second-order valence-electron chi connectivity index (χ2n) is 7.15. The molecule has 1 aliphatic rings. The second-order valence-corrected chi connectivity index (χ2v) is 7.15. The van der Waals surface area contributed by atoms with E-state index in [0.29, 0.717) is 18.8 Å². The number of alkyl halides is 1. The van der Waals surface area contributed by atoms with Gasteiger partial charge in [-0.25, -0.2) is 9.78 Å². The highest BCUT2D eigenvalue weighted by molar-refractivity contribution is 5.96. The molecule has 1 saturated heterocycles. The minimum absolute atomic E-state index is 0.0417. The van der Waals surface area contributed by atoms with E-state index in [0.717, 1.165) is 0 Å². The van der Waals surface area contributed by atoms with Gasteiger partial charge >= 0.3 is 5.97 Å². The summed E-state index contributed by atoms with van der Waals surface area (Å²) in [5.74, 6) is -2.83. The van der Waals surface area contributed by atoms with E-state index in [4.69, 9.17) is 12.2 Å². The first-order valence-corrected chi connectivity index (χ1v) is 9.63. The van der Waals surface area contributed by atoms with Crippen LogP contribution >= 0.6 is 0 Å². The Morgan fingerprint density at radius 3 is 2.62 bits per heavy atom. The topological polar surface area (TPSA) is 101 Å². The molecule has 0 aliphatic carbocycles. The number of carbonyl (C=O) groups is 2. The number of methoxy groups -OCH3 is 1. The molecule has 1 fully saturated rings. The smallest absolute Gasteiger partial charge is 0.329 e. The van der Waals surface area contributed by atoms with Crippen molar-refractivity contribution in [1.29, 1.82) is 0 Å². The molecule has 29 heavy (non-hydrogen) atoms. The van der Waals surface area contributed by atoms with Gasteiger partial charge in [-0.15, -0.1) is 0 Å². The molecule has 0 radical (unpaired) electrons. The monoisotopic (exact) mass is 413 g/mol. The lowest BCUT2D eigenvalue weighted by Crippen LogP contribution is -2.54. The van der Waals surface area contributed by atoms with Crippen molar-refractivity contribution in [3.8, 4) is 5.88 Å². The quantitative estimate of drug-likeness (QED) is 0.574. The van der Waals surface area contributed by atoms with Gasteiger partial charge in [0.15, 0.2) is 0 Å². The zero-order valence-corrected chi connectivity index (χ0v) is 17.2. The van der Waals surface area contributed by atoms with Gasteiger partial charge in [0.25, 0.3) is 5.91 Å². The number of rotatable bonds is 11. The van der Waals surface area contributed by atoms with Crippen molar-refractivity contribution < 1.29 is 31.3 Å². The molecule has 1 aromatic rings. The van der Waals surface area contributed by atoms with Gasteiger partial charge in [-0.1, -0.05) is 20.8 Å². The van der Waals surface area contributed by atoms with E-state index in [9.17, 15) is 19.1 Å². The number of carboxylic acid groups (broad SMARTS) is 1. The summed E-state index contributed by atoms with van der Waals surface area (Å²) in [5.41, 5.74) is -0.904. The van der Waals surface area contributed by atoms with Gasteiger partial charge in [-0.05, 0) is 25.0 Å². The number of amides is 1. The summed E-state index contributed by atoms with van der Waals surface area (Å²) >= 11 is 0. The maximum atomic E-state index is 13.6. The number of aromatic nitrogens is 1. The maximum absolute atomic E-state index is 13.6. The Morgan fingerprint density at radius 1 is 1.45 bits per heavy atom. The predicted molar refractivity (Wildman–Crippen MR) is 106 cm³/mol. The number of carbonyl (C=O) groups excluding carboxylic acids is 1. The van der Waals surface area contributed by atoms with Crippen LogP contribution in [-0.4, -0.2) is 67.0 Å². The number of aliphatic carboxylic acids is 1. The van der Waals surface area contributed by atoms with Crippen LogP contribution in [0.25, 0.3) is 0 Å². The lowest BCUT2D eigenvalue weighted by molar-refractivity contribution is -0.144. The number of anilines is 1. The molecule has 1 unspecified atom stereocenters. The normalized spacial score (nSPS) is 17.1. The van der Waals surface area contributed by atoms with Gasteiger partial charge in [-0.3, -0.25) is 9.18 Å². The summed E-state index contributed by atoms with van der Waals surface area (Å²) in [7, 11) is 1.60. The van der Waals surface area contributed by atoms with E-state index in [2.05, 4.69) is 10.3 Å². The Labute approximate surface area is 173 Å². The Bertz CT molecular complexity index is 796. The van der Waals surface area contributed by atoms with Gasteiger partial charge in [0.2, 0.25) is 5.88 Å². The molecule has 2 heterocycles. The molecule has 1 atom stereocenters. The highest BCUT2D eigenvalue weighted by Gasteiger charge is 2.37. The standard InChI is InChI=1S/C20H30FN3O5/c1-5-20(6-2,19(26)27)23-17(25)15-7-8-16(24-10-14(11-24)28-4)18(22-15)29-12-13(3)9-21/h7-8,13-14H,5-6,9-12H2,1-4H3,(H,23,25)(H,26,27)/i9D2. The summed E-state index contributed by atoms with van der Waals surface area (Å²) in [5, 5.41) is 12.1. The van der Waals surface area contributed by atoms with Crippen LogP contribution in [0.1, 0.15) is 46.8 Å². The van der Waals surface area contributed by atoms with Gasteiger partial charge in [-0.2, -0.15) is 0 Å². The van der Waals surface area contributed by atoms with Crippen LogP contribution in [0.2, 0.25) is 0 Å². The van der Waals surface area contributed by atoms with Gasteiger partial charge in [0, 0.05) is 26.1 Å². The number of ether oxygens (including phenoxy) is 2. The van der Waals surface area contributed by atoms with Crippen LogP contribution in [-0.2, 0) is 9.53 Å². The number of nitrogens with one attached hydrogen (secondary N) is 1. The van der Waals surface area contributed by atoms with Crippen molar-refractivity contribution in [3.05, 3.63) is 17.8 Å². The van der Waals surface area contributed by atoms with Crippen LogP contribution in [0.15, 0.2) is 12.1 Å². The first kappa shape index (κ1) is 19.9. The molecular weight excluding hydrogens is 381 g/mol. The van der Waals surface area contributed by atoms with Crippen molar-refractivity contribution in [2.24, 2.45) is 5.92 Å². The van der Waals surface area contributed by atoms with E-state index >= 15 is 0 Å². The van der Waals surface area contributed by atoms with Crippen molar-refractivity contribution >= 4 is 17.6 Å². The van der Waals surface area contributed by atoms with Crippen LogP contribution in [0.4, 0.5) is 10.1 Å². The fourth-order valence-electron chi connectivity index (χ4n) is 2.99. The van der Waals surface area contributed by atoms with Crippen molar-refractivity contribution in [1.82, 2.24) is 10.3 Å². The molecular formula is C20H30FN3O5. The lowest BCUT2D eigenvalue weighted by Gasteiger charge is -2.40. The summed E-state index contributed by atoms with van der Waals surface area (Å²) in [4.78, 5) is 30.6. The number of pyridine rings is 1. The van der Waals surface area contributed by atoms with Crippen LogP contribution in [0.3, 0.4) is 0 Å². The van der Waals surface area contributed by atoms with Crippen LogP contribution < -0.4 is 15.0 Å². The molecule has 1 amide bonds. The second kappa shape index (κ2) is 9.87. The summed E-state index contributed by atoms with van der Waals surface area (Å²) < 4.78 is 38.8. The first-order chi connectivity index (χ1) is 14.5.